The number of amides is 1. The summed E-state index contributed by atoms with van der Waals surface area (Å²) in [6.07, 6.45) is 1.79. The number of hydrogen-bond acceptors (Lipinski definition) is 4. The highest BCUT2D eigenvalue weighted by atomic mass is 35.5. The minimum atomic E-state index is -0.105. The van der Waals surface area contributed by atoms with Crippen LogP contribution in [0.5, 0.6) is 5.75 Å². The molecule has 3 aromatic rings. The van der Waals surface area contributed by atoms with Crippen LogP contribution in [0.25, 0.3) is 0 Å². The van der Waals surface area contributed by atoms with Crippen molar-refractivity contribution in [2.75, 3.05) is 0 Å². The van der Waals surface area contributed by atoms with Gasteiger partial charge in [0.2, 0.25) is 0 Å². The van der Waals surface area contributed by atoms with E-state index in [0.717, 1.165) is 22.6 Å². The molecular formula is C19H20ClN3O2S. The molecule has 0 aliphatic heterocycles. The van der Waals surface area contributed by atoms with Crippen LogP contribution in [0.1, 0.15) is 39.5 Å². The fraction of sp³-hybridized carbons (Fsp3) is 0.263. The number of hydrogen-bond donors (Lipinski definition) is 1. The van der Waals surface area contributed by atoms with Gasteiger partial charge in [-0.3, -0.25) is 9.48 Å². The lowest BCUT2D eigenvalue weighted by Crippen LogP contribution is -2.26. The third-order valence-corrected chi connectivity index (χ3v) is 5.41. The Morgan fingerprint density at radius 3 is 2.77 bits per heavy atom. The summed E-state index contributed by atoms with van der Waals surface area (Å²) in [7, 11) is 1.89. The van der Waals surface area contributed by atoms with Gasteiger partial charge in [-0.2, -0.15) is 5.10 Å². The van der Waals surface area contributed by atoms with Crippen molar-refractivity contribution in [3.63, 3.8) is 0 Å². The summed E-state index contributed by atoms with van der Waals surface area (Å²) in [6, 6.07) is 8.96. The molecule has 7 heteroatoms. The van der Waals surface area contributed by atoms with E-state index in [9.17, 15) is 4.79 Å². The van der Waals surface area contributed by atoms with Gasteiger partial charge >= 0.3 is 0 Å². The van der Waals surface area contributed by atoms with Crippen molar-refractivity contribution in [2.45, 2.75) is 26.5 Å². The van der Waals surface area contributed by atoms with E-state index in [-0.39, 0.29) is 11.9 Å². The zero-order chi connectivity index (χ0) is 18.7. The van der Waals surface area contributed by atoms with Gasteiger partial charge in [0, 0.05) is 28.9 Å². The number of carbonyl (C=O) groups is 1. The van der Waals surface area contributed by atoms with Crippen molar-refractivity contribution in [3.8, 4) is 5.75 Å². The second-order valence-corrected chi connectivity index (χ2v) is 7.41. The van der Waals surface area contributed by atoms with Crippen LogP contribution in [-0.2, 0) is 13.7 Å². The van der Waals surface area contributed by atoms with Crippen molar-refractivity contribution in [1.29, 1.82) is 0 Å². The van der Waals surface area contributed by atoms with Crippen LogP contribution in [0, 0.1) is 6.92 Å². The van der Waals surface area contributed by atoms with E-state index in [1.807, 2.05) is 44.5 Å². The standard InChI is InChI=1S/C19H20ClN3O2S/c1-12(17-9-21-23(3)13(17)2)22-19(24)18-8-14(11-26-18)10-25-16-6-4-15(20)5-7-16/h4-9,11-12H,10H2,1-3H3,(H,22,24). The maximum Gasteiger partial charge on any atom is 0.261 e. The van der Waals surface area contributed by atoms with Crippen LogP contribution in [0.15, 0.2) is 41.9 Å². The molecular weight excluding hydrogens is 370 g/mol. The third kappa shape index (κ3) is 4.26. The molecule has 136 valence electrons. The van der Waals surface area contributed by atoms with Gasteiger partial charge in [0.25, 0.3) is 5.91 Å². The SMILES string of the molecule is Cc1c(C(C)NC(=O)c2cc(COc3ccc(Cl)cc3)cs2)cnn1C. The Labute approximate surface area is 161 Å². The number of halogens is 1. The molecule has 0 bridgehead atoms. The van der Waals surface area contributed by atoms with E-state index in [4.69, 9.17) is 16.3 Å². The van der Waals surface area contributed by atoms with Crippen LogP contribution in [0.4, 0.5) is 0 Å². The molecule has 1 atom stereocenters. The van der Waals surface area contributed by atoms with Gasteiger partial charge in [-0.05, 0) is 49.6 Å². The molecule has 1 unspecified atom stereocenters. The Morgan fingerprint density at radius 1 is 1.38 bits per heavy atom. The molecule has 0 saturated carbocycles. The van der Waals surface area contributed by atoms with Crippen LogP contribution < -0.4 is 10.1 Å². The number of benzene rings is 1. The third-order valence-electron chi connectivity index (χ3n) is 4.18. The largest absolute Gasteiger partial charge is 0.489 e. The van der Waals surface area contributed by atoms with Crippen molar-refractivity contribution in [1.82, 2.24) is 15.1 Å². The number of nitrogens with zero attached hydrogens (tertiary/aromatic N) is 2. The lowest BCUT2D eigenvalue weighted by atomic mass is 10.1. The monoisotopic (exact) mass is 389 g/mol. The Balaban J connectivity index is 1.59. The average Bonchev–Trinajstić information content (AvgIpc) is 3.22. The molecule has 0 spiro atoms. The zero-order valence-corrected chi connectivity index (χ0v) is 16.4. The number of rotatable bonds is 6. The highest BCUT2D eigenvalue weighted by Gasteiger charge is 2.17. The summed E-state index contributed by atoms with van der Waals surface area (Å²) in [6.45, 7) is 4.35. The Kier molecular flexibility index (Phi) is 5.64. The number of ether oxygens (including phenoxy) is 1. The summed E-state index contributed by atoms with van der Waals surface area (Å²) in [5.41, 5.74) is 3.02. The first kappa shape index (κ1) is 18.5. The Bertz CT molecular complexity index is 902. The zero-order valence-electron chi connectivity index (χ0n) is 14.8. The molecule has 0 radical (unpaired) electrons. The average molecular weight is 390 g/mol. The van der Waals surface area contributed by atoms with Crippen molar-refractivity contribution in [3.05, 3.63) is 68.6 Å². The summed E-state index contributed by atoms with van der Waals surface area (Å²) >= 11 is 7.27. The number of aromatic nitrogens is 2. The van der Waals surface area contributed by atoms with Crippen molar-refractivity contribution >= 4 is 28.8 Å². The molecule has 2 aromatic heterocycles. The second-order valence-electron chi connectivity index (χ2n) is 6.07. The predicted molar refractivity (Wildman–Crippen MR) is 104 cm³/mol. The molecule has 1 aromatic carbocycles. The fourth-order valence-corrected chi connectivity index (χ4v) is 3.48. The molecule has 5 nitrogen and oxygen atoms in total. The number of thiophene rings is 1. The summed E-state index contributed by atoms with van der Waals surface area (Å²) < 4.78 is 7.52. The van der Waals surface area contributed by atoms with Gasteiger partial charge in [-0.15, -0.1) is 11.3 Å². The van der Waals surface area contributed by atoms with Gasteiger partial charge in [-0.25, -0.2) is 0 Å². The predicted octanol–water partition coefficient (Wildman–Crippen LogP) is 4.51. The van der Waals surface area contributed by atoms with E-state index in [1.54, 1.807) is 23.0 Å². The molecule has 3 rings (SSSR count). The van der Waals surface area contributed by atoms with E-state index in [0.29, 0.717) is 16.5 Å². The van der Waals surface area contributed by atoms with Gasteiger partial charge in [0.15, 0.2) is 0 Å². The topological polar surface area (TPSA) is 56.1 Å². The van der Waals surface area contributed by atoms with Crippen molar-refractivity contribution < 1.29 is 9.53 Å². The van der Waals surface area contributed by atoms with Gasteiger partial charge in [0.05, 0.1) is 17.1 Å². The number of aryl methyl sites for hydroxylation is 1. The highest BCUT2D eigenvalue weighted by molar-refractivity contribution is 7.12. The maximum absolute atomic E-state index is 12.5. The van der Waals surface area contributed by atoms with E-state index in [1.165, 1.54) is 11.3 Å². The summed E-state index contributed by atoms with van der Waals surface area (Å²) in [5, 5.41) is 9.85. The highest BCUT2D eigenvalue weighted by Crippen LogP contribution is 2.21. The van der Waals surface area contributed by atoms with Crippen LogP contribution >= 0.6 is 22.9 Å². The summed E-state index contributed by atoms with van der Waals surface area (Å²) in [5.74, 6) is 0.649. The summed E-state index contributed by atoms with van der Waals surface area (Å²) in [4.78, 5) is 13.1. The Morgan fingerprint density at radius 2 is 2.12 bits per heavy atom. The second kappa shape index (κ2) is 7.93. The molecule has 0 saturated heterocycles. The molecule has 0 fully saturated rings. The Hall–Kier alpha value is -2.31. The van der Waals surface area contributed by atoms with E-state index in [2.05, 4.69) is 10.4 Å². The molecule has 2 heterocycles. The first-order chi connectivity index (χ1) is 12.4. The lowest BCUT2D eigenvalue weighted by Gasteiger charge is -2.12. The molecule has 0 aliphatic rings. The molecule has 0 aliphatic carbocycles. The van der Waals surface area contributed by atoms with Crippen molar-refractivity contribution in [2.24, 2.45) is 7.05 Å². The fourth-order valence-electron chi connectivity index (χ4n) is 2.55. The normalized spacial score (nSPS) is 12.0. The number of nitrogens with one attached hydrogen (secondary N) is 1. The number of carbonyl (C=O) groups excluding carboxylic acids is 1. The van der Waals surface area contributed by atoms with Crippen LogP contribution in [-0.4, -0.2) is 15.7 Å². The minimum Gasteiger partial charge on any atom is -0.489 e. The molecule has 26 heavy (non-hydrogen) atoms. The van der Waals surface area contributed by atoms with E-state index < -0.39 is 0 Å². The van der Waals surface area contributed by atoms with Gasteiger partial charge < -0.3 is 10.1 Å². The van der Waals surface area contributed by atoms with Crippen LogP contribution in [0.2, 0.25) is 5.02 Å². The minimum absolute atomic E-state index is 0.0940. The molecule has 1 amide bonds. The van der Waals surface area contributed by atoms with Gasteiger partial charge in [-0.1, -0.05) is 11.6 Å². The van der Waals surface area contributed by atoms with E-state index >= 15 is 0 Å². The molecule has 1 N–H and O–H groups in total. The van der Waals surface area contributed by atoms with Gasteiger partial charge in [0.1, 0.15) is 12.4 Å². The smallest absolute Gasteiger partial charge is 0.261 e. The first-order valence-corrected chi connectivity index (χ1v) is 9.45. The quantitative estimate of drug-likeness (QED) is 0.674. The first-order valence-electron chi connectivity index (χ1n) is 8.19. The van der Waals surface area contributed by atoms with Crippen LogP contribution in [0.3, 0.4) is 0 Å². The maximum atomic E-state index is 12.5. The lowest BCUT2D eigenvalue weighted by molar-refractivity contribution is 0.0944.